The first-order valence-electron chi connectivity index (χ1n) is 8.84. The second-order valence-corrected chi connectivity index (χ2v) is 7.67. The first kappa shape index (κ1) is 19.8. The maximum absolute atomic E-state index is 12.7. The fraction of sp³-hybridized carbons (Fsp3) is 0.316. The summed E-state index contributed by atoms with van der Waals surface area (Å²) in [6, 6.07) is 3.78. The van der Waals surface area contributed by atoms with E-state index in [2.05, 4.69) is 32.2 Å². The van der Waals surface area contributed by atoms with Crippen LogP contribution < -0.4 is 5.32 Å². The molecule has 0 saturated carbocycles. The van der Waals surface area contributed by atoms with Crippen LogP contribution in [0.3, 0.4) is 0 Å². The van der Waals surface area contributed by atoms with Gasteiger partial charge in [0.25, 0.3) is 0 Å². The number of nitrogens with one attached hydrogen (secondary N) is 1. The van der Waals surface area contributed by atoms with Crippen molar-refractivity contribution in [3.05, 3.63) is 48.6 Å². The predicted octanol–water partition coefficient (Wildman–Crippen LogP) is 3.00. The lowest BCUT2D eigenvalue weighted by atomic mass is 10.3. The molecule has 0 aromatic carbocycles. The summed E-state index contributed by atoms with van der Waals surface area (Å²) in [5.41, 5.74) is 3.32. The smallest absolute Gasteiger partial charge is 0.237 e. The van der Waals surface area contributed by atoms with Gasteiger partial charge in [-0.05, 0) is 32.9 Å². The van der Waals surface area contributed by atoms with Gasteiger partial charge in [0.2, 0.25) is 5.91 Å². The van der Waals surface area contributed by atoms with Gasteiger partial charge in [0.05, 0.1) is 22.3 Å². The van der Waals surface area contributed by atoms with Crippen LogP contribution in [0.4, 0.5) is 5.69 Å². The van der Waals surface area contributed by atoms with Crippen LogP contribution >= 0.6 is 11.8 Å². The van der Waals surface area contributed by atoms with Gasteiger partial charge in [-0.25, -0.2) is 0 Å². The summed E-state index contributed by atoms with van der Waals surface area (Å²) in [5.74, 6) is 0.585. The number of hydrogen-bond donors (Lipinski definition) is 1. The first-order chi connectivity index (χ1) is 13.4. The van der Waals surface area contributed by atoms with Crippen molar-refractivity contribution in [3.63, 3.8) is 0 Å². The van der Waals surface area contributed by atoms with Gasteiger partial charge in [0.15, 0.2) is 11.0 Å². The summed E-state index contributed by atoms with van der Waals surface area (Å²) in [4.78, 5) is 16.9. The molecule has 0 spiro atoms. The fourth-order valence-corrected chi connectivity index (χ4v) is 3.63. The molecule has 0 fully saturated rings. The van der Waals surface area contributed by atoms with Gasteiger partial charge in [0.1, 0.15) is 0 Å². The highest BCUT2D eigenvalue weighted by atomic mass is 32.2. The molecule has 146 valence electrons. The molecule has 0 saturated heterocycles. The lowest BCUT2D eigenvalue weighted by molar-refractivity contribution is -0.115. The normalized spacial score (nSPS) is 12.0. The molecule has 3 rings (SSSR count). The number of carbonyl (C=O) groups is 1. The monoisotopic (exact) mass is 397 g/mol. The molecule has 0 aliphatic heterocycles. The zero-order valence-electron chi connectivity index (χ0n) is 16.4. The number of rotatable bonds is 7. The Balaban J connectivity index is 1.80. The summed E-state index contributed by atoms with van der Waals surface area (Å²) in [6.45, 7) is 10.00. The molecule has 0 radical (unpaired) electrons. The quantitative estimate of drug-likeness (QED) is 0.487. The van der Waals surface area contributed by atoms with Crippen molar-refractivity contribution in [2.45, 2.75) is 37.7 Å². The van der Waals surface area contributed by atoms with Crippen molar-refractivity contribution in [3.8, 4) is 11.4 Å². The average Bonchev–Trinajstić information content (AvgIpc) is 3.18. The molecule has 9 heteroatoms. The number of pyridine rings is 1. The van der Waals surface area contributed by atoms with E-state index < -0.39 is 0 Å². The minimum atomic E-state index is -0.367. The maximum atomic E-state index is 12.7. The Bertz CT molecular complexity index is 993. The van der Waals surface area contributed by atoms with Crippen LogP contribution in [0.1, 0.15) is 18.3 Å². The zero-order chi connectivity index (χ0) is 20.3. The van der Waals surface area contributed by atoms with E-state index in [0.29, 0.717) is 17.5 Å². The molecule has 0 aliphatic rings. The van der Waals surface area contributed by atoms with Crippen LogP contribution in [-0.4, -0.2) is 40.7 Å². The molecule has 0 aliphatic carbocycles. The number of hydrogen-bond acceptors (Lipinski definition) is 6. The Morgan fingerprint density at radius 3 is 2.79 bits per heavy atom. The molecule has 1 amide bonds. The van der Waals surface area contributed by atoms with Crippen molar-refractivity contribution in [2.24, 2.45) is 7.05 Å². The van der Waals surface area contributed by atoms with Crippen LogP contribution in [0.15, 0.2) is 42.3 Å². The van der Waals surface area contributed by atoms with Gasteiger partial charge in [-0.1, -0.05) is 17.8 Å². The molecule has 1 N–H and O–H groups in total. The Labute approximate surface area is 168 Å². The molecule has 3 aromatic heterocycles. The average molecular weight is 398 g/mol. The minimum absolute atomic E-state index is 0.111. The molecule has 1 atom stereocenters. The van der Waals surface area contributed by atoms with Crippen LogP contribution in [0.2, 0.25) is 0 Å². The number of allylic oxidation sites excluding steroid dienone is 1. The van der Waals surface area contributed by atoms with Gasteiger partial charge in [0, 0.05) is 31.5 Å². The van der Waals surface area contributed by atoms with Gasteiger partial charge in [-0.3, -0.25) is 19.0 Å². The third-order valence-electron chi connectivity index (χ3n) is 4.36. The summed E-state index contributed by atoms with van der Waals surface area (Å²) in [6.07, 6.45) is 5.23. The van der Waals surface area contributed by atoms with Crippen molar-refractivity contribution >= 4 is 23.4 Å². The van der Waals surface area contributed by atoms with Crippen molar-refractivity contribution < 1.29 is 4.79 Å². The first-order valence-corrected chi connectivity index (χ1v) is 9.72. The molecule has 0 bridgehead atoms. The number of nitrogens with zero attached hydrogens (tertiary/aromatic N) is 6. The van der Waals surface area contributed by atoms with Crippen LogP contribution in [-0.2, 0) is 18.4 Å². The van der Waals surface area contributed by atoms with Gasteiger partial charge < -0.3 is 5.32 Å². The number of aromatic nitrogens is 6. The Morgan fingerprint density at radius 1 is 1.39 bits per heavy atom. The highest BCUT2D eigenvalue weighted by molar-refractivity contribution is 8.00. The highest BCUT2D eigenvalue weighted by Gasteiger charge is 2.22. The number of thioether (sulfide) groups is 1. The molecule has 0 unspecified atom stereocenters. The predicted molar refractivity (Wildman–Crippen MR) is 110 cm³/mol. The van der Waals surface area contributed by atoms with Crippen LogP contribution in [0, 0.1) is 13.8 Å². The van der Waals surface area contributed by atoms with E-state index in [1.165, 1.54) is 11.8 Å². The Hall–Kier alpha value is -2.94. The fourth-order valence-electron chi connectivity index (χ4n) is 2.77. The minimum Gasteiger partial charge on any atom is -0.322 e. The summed E-state index contributed by atoms with van der Waals surface area (Å²) in [7, 11) is 1.86. The molecular formula is C19H23N7OS. The third-order valence-corrected chi connectivity index (χ3v) is 5.44. The number of aryl methyl sites for hydroxylation is 2. The van der Waals surface area contributed by atoms with Crippen LogP contribution in [0.5, 0.6) is 0 Å². The van der Waals surface area contributed by atoms with Crippen LogP contribution in [0.25, 0.3) is 11.4 Å². The number of amides is 1. The lowest BCUT2D eigenvalue weighted by Crippen LogP contribution is -2.23. The second kappa shape index (κ2) is 8.39. The zero-order valence-corrected chi connectivity index (χ0v) is 17.2. The molecule has 28 heavy (non-hydrogen) atoms. The van der Waals surface area contributed by atoms with Gasteiger partial charge in [-0.2, -0.15) is 5.10 Å². The second-order valence-electron chi connectivity index (χ2n) is 6.37. The third kappa shape index (κ3) is 3.99. The molecule has 3 aromatic rings. The Morgan fingerprint density at radius 2 is 2.18 bits per heavy atom. The number of carbonyl (C=O) groups excluding carboxylic acids is 1. The topological polar surface area (TPSA) is 90.5 Å². The van der Waals surface area contributed by atoms with E-state index in [0.717, 1.165) is 22.6 Å². The van der Waals surface area contributed by atoms with Crippen molar-refractivity contribution in [1.29, 1.82) is 0 Å². The molecule has 3 heterocycles. The summed E-state index contributed by atoms with van der Waals surface area (Å²) >= 11 is 1.35. The Kier molecular flexibility index (Phi) is 5.93. The summed E-state index contributed by atoms with van der Waals surface area (Å²) in [5, 5.41) is 16.2. The maximum Gasteiger partial charge on any atom is 0.237 e. The van der Waals surface area contributed by atoms with E-state index in [4.69, 9.17) is 0 Å². The number of anilines is 1. The van der Waals surface area contributed by atoms with E-state index in [-0.39, 0.29) is 11.2 Å². The van der Waals surface area contributed by atoms with E-state index in [9.17, 15) is 4.79 Å². The van der Waals surface area contributed by atoms with Gasteiger partial charge >= 0.3 is 0 Å². The van der Waals surface area contributed by atoms with E-state index >= 15 is 0 Å². The lowest BCUT2D eigenvalue weighted by Gasteiger charge is -2.13. The van der Waals surface area contributed by atoms with E-state index in [1.54, 1.807) is 23.2 Å². The SMILES string of the molecule is C=CCn1c(S[C@@H](C)C(=O)Nc2c(C)nn(C)c2C)nnc1-c1cccnc1. The van der Waals surface area contributed by atoms with Gasteiger partial charge in [-0.15, -0.1) is 16.8 Å². The largest absolute Gasteiger partial charge is 0.322 e. The standard InChI is InChI=1S/C19H23N7OS/c1-6-10-26-17(15-8-7-9-20-11-15)22-23-19(26)28-14(4)18(27)21-16-12(2)24-25(5)13(16)3/h6-9,11,14H,1,10H2,2-5H3,(H,21,27)/t14-/m0/s1. The van der Waals surface area contributed by atoms with Crippen molar-refractivity contribution in [1.82, 2.24) is 29.5 Å². The highest BCUT2D eigenvalue weighted by Crippen LogP contribution is 2.28. The molecular weight excluding hydrogens is 374 g/mol. The van der Waals surface area contributed by atoms with Crippen molar-refractivity contribution in [2.75, 3.05) is 5.32 Å². The molecule has 8 nitrogen and oxygen atoms in total. The summed E-state index contributed by atoms with van der Waals surface area (Å²) < 4.78 is 3.68. The van der Waals surface area contributed by atoms with E-state index in [1.807, 2.05) is 44.5 Å².